The lowest BCUT2D eigenvalue weighted by atomic mass is 10.0. The van der Waals surface area contributed by atoms with E-state index in [1.807, 2.05) is 18.2 Å². The summed E-state index contributed by atoms with van der Waals surface area (Å²) in [5, 5.41) is 17.9. The number of nitrogens with zero attached hydrogens (tertiary/aromatic N) is 1. The Hall–Kier alpha value is -3.43. The van der Waals surface area contributed by atoms with E-state index in [9.17, 15) is 14.7 Å². The van der Waals surface area contributed by atoms with Crippen LogP contribution in [0.5, 0.6) is 5.75 Å². The second-order valence-corrected chi connectivity index (χ2v) is 6.94. The number of amides is 3. The van der Waals surface area contributed by atoms with Crippen LogP contribution in [0.3, 0.4) is 0 Å². The maximum atomic E-state index is 12.3. The molecule has 4 N–H and O–H groups in total. The van der Waals surface area contributed by atoms with Gasteiger partial charge in [0.05, 0.1) is 44.5 Å². The first-order valence-corrected chi connectivity index (χ1v) is 9.90. The smallest absolute Gasteiger partial charge is 0.319 e. The minimum atomic E-state index is -0.666. The number of methoxy groups -OCH3 is 1. The zero-order chi connectivity index (χ0) is 22.1. The van der Waals surface area contributed by atoms with Crippen LogP contribution in [0, 0.1) is 0 Å². The van der Waals surface area contributed by atoms with Gasteiger partial charge in [0.2, 0.25) is 5.91 Å². The zero-order valence-corrected chi connectivity index (χ0v) is 17.2. The quantitative estimate of drug-likeness (QED) is 0.476. The Kier molecular flexibility index (Phi) is 7.97. The molecule has 2 aromatic rings. The number of carbonyl (C=O) groups excluding carboxylic acids is 2. The summed E-state index contributed by atoms with van der Waals surface area (Å²) in [5.41, 5.74) is 1.36. The Balaban J connectivity index is 1.48. The molecule has 3 amide bonds. The molecule has 0 fully saturated rings. The number of nitrogens with one attached hydrogen (secondary N) is 3. The molecule has 1 aliphatic rings. The number of aliphatic hydroxyl groups excluding tert-OH is 1. The Bertz CT molecular complexity index is 889. The molecule has 0 saturated heterocycles. The van der Waals surface area contributed by atoms with Gasteiger partial charge in [-0.15, -0.1) is 0 Å². The Labute approximate surface area is 180 Å². The highest BCUT2D eigenvalue weighted by molar-refractivity contribution is 5.89. The number of urea groups is 1. The second-order valence-electron chi connectivity index (χ2n) is 6.94. The summed E-state index contributed by atoms with van der Waals surface area (Å²) in [7, 11) is 1.57. The predicted molar refractivity (Wildman–Crippen MR) is 115 cm³/mol. The summed E-state index contributed by atoms with van der Waals surface area (Å²) in [5.74, 6) is 0.491. The summed E-state index contributed by atoms with van der Waals surface area (Å²) in [4.78, 5) is 28.6. The highest BCUT2D eigenvalue weighted by Gasteiger charge is 2.29. The molecule has 9 heteroatoms. The molecular formula is C22H26N4O5. The molecule has 1 aromatic heterocycles. The van der Waals surface area contributed by atoms with Crippen LogP contribution in [0.1, 0.15) is 12.1 Å². The van der Waals surface area contributed by atoms with Gasteiger partial charge in [0, 0.05) is 11.9 Å². The van der Waals surface area contributed by atoms with Crippen molar-refractivity contribution in [2.45, 2.75) is 31.2 Å². The van der Waals surface area contributed by atoms with Gasteiger partial charge in [0.1, 0.15) is 11.9 Å². The highest BCUT2D eigenvalue weighted by atomic mass is 16.5. The molecule has 0 unspecified atom stereocenters. The lowest BCUT2D eigenvalue weighted by Crippen LogP contribution is -2.50. The van der Waals surface area contributed by atoms with Crippen molar-refractivity contribution in [3.05, 3.63) is 66.5 Å². The summed E-state index contributed by atoms with van der Waals surface area (Å²) in [6.45, 7) is 0.0269. The minimum Gasteiger partial charge on any atom is -0.497 e. The van der Waals surface area contributed by atoms with Gasteiger partial charge >= 0.3 is 6.03 Å². The summed E-state index contributed by atoms with van der Waals surface area (Å²) in [6, 6.07) is 11.4. The van der Waals surface area contributed by atoms with Crippen LogP contribution in [0.2, 0.25) is 0 Å². The summed E-state index contributed by atoms with van der Waals surface area (Å²) in [6.07, 6.45) is 4.05. The fraction of sp³-hybridized carbons (Fsp3) is 0.318. The Morgan fingerprint density at radius 3 is 2.65 bits per heavy atom. The van der Waals surface area contributed by atoms with Crippen molar-refractivity contribution in [2.24, 2.45) is 0 Å². The molecule has 0 bridgehead atoms. The van der Waals surface area contributed by atoms with Gasteiger partial charge in [-0.3, -0.25) is 9.78 Å². The number of rotatable bonds is 8. The molecule has 3 atom stereocenters. The molecule has 31 heavy (non-hydrogen) atoms. The zero-order valence-electron chi connectivity index (χ0n) is 17.2. The van der Waals surface area contributed by atoms with E-state index in [0.717, 1.165) is 5.69 Å². The average Bonchev–Trinajstić information content (AvgIpc) is 2.80. The number of pyridine rings is 1. The molecule has 0 radical (unpaired) electrons. The third kappa shape index (κ3) is 6.80. The van der Waals surface area contributed by atoms with Gasteiger partial charge in [-0.25, -0.2) is 4.79 Å². The number of carbonyl (C=O) groups is 2. The number of anilines is 1. The van der Waals surface area contributed by atoms with E-state index >= 15 is 0 Å². The third-order valence-electron chi connectivity index (χ3n) is 4.69. The molecule has 1 aromatic carbocycles. The lowest BCUT2D eigenvalue weighted by molar-refractivity contribution is -0.125. The highest BCUT2D eigenvalue weighted by Crippen LogP contribution is 2.17. The summed E-state index contributed by atoms with van der Waals surface area (Å²) >= 11 is 0. The molecule has 2 heterocycles. The normalized spacial score (nSPS) is 20.0. The number of benzene rings is 1. The standard InChI is InChI=1S/C22H26N4O5/c1-30-17-7-5-15(6-8-17)25-22(29)26-19-10-9-18(31-20(19)14-27)12-21(28)24-13-16-4-2-3-11-23-16/h2-11,18-20,27H,12-14H2,1H3,(H,24,28)(H2,25,26,29)/t18-,19+,20-/m0/s1. The minimum absolute atomic E-state index is 0.102. The second kappa shape index (κ2) is 11.1. The van der Waals surface area contributed by atoms with Crippen molar-refractivity contribution in [2.75, 3.05) is 19.0 Å². The van der Waals surface area contributed by atoms with Gasteiger partial charge in [-0.1, -0.05) is 18.2 Å². The first-order valence-electron chi connectivity index (χ1n) is 9.90. The van der Waals surface area contributed by atoms with Gasteiger partial charge in [0.15, 0.2) is 0 Å². The van der Waals surface area contributed by atoms with Crippen molar-refractivity contribution in [3.8, 4) is 5.75 Å². The molecule has 3 rings (SSSR count). The number of hydrogen-bond acceptors (Lipinski definition) is 6. The third-order valence-corrected chi connectivity index (χ3v) is 4.69. The maximum Gasteiger partial charge on any atom is 0.319 e. The Morgan fingerprint density at radius 2 is 1.97 bits per heavy atom. The van der Waals surface area contributed by atoms with E-state index in [4.69, 9.17) is 9.47 Å². The number of hydrogen-bond donors (Lipinski definition) is 4. The first-order chi connectivity index (χ1) is 15.1. The van der Waals surface area contributed by atoms with Crippen molar-refractivity contribution < 1.29 is 24.2 Å². The molecule has 9 nitrogen and oxygen atoms in total. The molecule has 0 aliphatic carbocycles. The fourth-order valence-corrected chi connectivity index (χ4v) is 3.08. The van der Waals surface area contributed by atoms with Crippen LogP contribution in [0.4, 0.5) is 10.5 Å². The van der Waals surface area contributed by atoms with Crippen molar-refractivity contribution in [1.82, 2.24) is 15.6 Å². The van der Waals surface area contributed by atoms with Crippen LogP contribution in [0.25, 0.3) is 0 Å². The maximum absolute atomic E-state index is 12.3. The van der Waals surface area contributed by atoms with E-state index in [0.29, 0.717) is 18.0 Å². The van der Waals surface area contributed by atoms with E-state index in [1.54, 1.807) is 49.7 Å². The van der Waals surface area contributed by atoms with Gasteiger partial charge in [0.25, 0.3) is 0 Å². The predicted octanol–water partition coefficient (Wildman–Crippen LogP) is 1.60. The van der Waals surface area contributed by atoms with E-state index < -0.39 is 24.3 Å². The molecule has 164 valence electrons. The SMILES string of the molecule is COc1ccc(NC(=O)N[C@@H]2C=C[C@@H](CC(=O)NCc3ccccn3)O[C@H]2CO)cc1. The van der Waals surface area contributed by atoms with E-state index in [1.165, 1.54) is 0 Å². The number of ether oxygens (including phenoxy) is 2. The van der Waals surface area contributed by atoms with Gasteiger partial charge in [-0.05, 0) is 36.4 Å². The van der Waals surface area contributed by atoms with Gasteiger partial charge in [-0.2, -0.15) is 0 Å². The van der Waals surface area contributed by atoms with Crippen molar-refractivity contribution >= 4 is 17.6 Å². The van der Waals surface area contributed by atoms with Crippen molar-refractivity contribution in [1.29, 1.82) is 0 Å². The lowest BCUT2D eigenvalue weighted by Gasteiger charge is -2.31. The topological polar surface area (TPSA) is 122 Å². The largest absolute Gasteiger partial charge is 0.497 e. The fourth-order valence-electron chi connectivity index (χ4n) is 3.08. The first kappa shape index (κ1) is 22.3. The Morgan fingerprint density at radius 1 is 1.16 bits per heavy atom. The van der Waals surface area contributed by atoms with E-state index in [2.05, 4.69) is 20.9 Å². The van der Waals surface area contributed by atoms with Crippen LogP contribution in [-0.4, -0.2) is 54.0 Å². The van der Waals surface area contributed by atoms with Crippen LogP contribution >= 0.6 is 0 Å². The molecule has 0 spiro atoms. The number of aliphatic hydroxyl groups is 1. The number of aromatic nitrogens is 1. The average molecular weight is 426 g/mol. The molecule has 0 saturated carbocycles. The van der Waals surface area contributed by atoms with Crippen LogP contribution < -0.4 is 20.7 Å². The van der Waals surface area contributed by atoms with Crippen LogP contribution in [-0.2, 0) is 16.1 Å². The summed E-state index contributed by atoms with van der Waals surface area (Å²) < 4.78 is 10.9. The molecule has 1 aliphatic heterocycles. The van der Waals surface area contributed by atoms with Gasteiger partial charge < -0.3 is 30.5 Å². The van der Waals surface area contributed by atoms with Crippen LogP contribution in [0.15, 0.2) is 60.8 Å². The van der Waals surface area contributed by atoms with E-state index in [-0.39, 0.29) is 18.9 Å². The van der Waals surface area contributed by atoms with Crippen molar-refractivity contribution in [3.63, 3.8) is 0 Å². The monoisotopic (exact) mass is 426 g/mol. The molecular weight excluding hydrogens is 400 g/mol.